The summed E-state index contributed by atoms with van der Waals surface area (Å²) >= 11 is 7.29. The molecule has 13 heavy (non-hydrogen) atoms. The van der Waals surface area contributed by atoms with Gasteiger partial charge in [-0.05, 0) is 23.8 Å². The lowest BCUT2D eigenvalue weighted by molar-refractivity contribution is -0.385. The first-order valence-electron chi connectivity index (χ1n) is 3.68. The number of thiol groups is 1. The zero-order valence-electron chi connectivity index (χ0n) is 6.74. The number of benzene rings is 1. The normalized spacial score (nSPS) is 10.0. The van der Waals surface area contributed by atoms with E-state index in [1.165, 1.54) is 6.07 Å². The molecule has 0 N–H and O–H groups in total. The monoisotopic (exact) mass is 261 g/mol. The smallest absolute Gasteiger partial charge is 0.258 e. The van der Waals surface area contributed by atoms with Gasteiger partial charge in [-0.2, -0.15) is 12.6 Å². The summed E-state index contributed by atoms with van der Waals surface area (Å²) in [7, 11) is 0. The van der Waals surface area contributed by atoms with Gasteiger partial charge < -0.3 is 0 Å². The fraction of sp³-hybridized carbons (Fsp3) is 0.250. The quantitative estimate of drug-likeness (QED) is 0.517. The van der Waals surface area contributed by atoms with Crippen LogP contribution in [0.4, 0.5) is 5.69 Å². The lowest BCUT2D eigenvalue weighted by atomic mass is 10.1. The van der Waals surface area contributed by atoms with E-state index in [1.54, 1.807) is 6.07 Å². The molecule has 0 heterocycles. The standard InChI is InChI=1S/C8H8BrNO2S/c9-7-3-6(1-2-13)4-8(5-7)10(11)12/h3-5,13H,1-2H2. The van der Waals surface area contributed by atoms with Crippen molar-refractivity contribution in [2.75, 3.05) is 5.75 Å². The molecule has 0 saturated heterocycles. The molecule has 70 valence electrons. The summed E-state index contributed by atoms with van der Waals surface area (Å²) in [6.07, 6.45) is 0.739. The van der Waals surface area contributed by atoms with Crippen LogP contribution in [0.2, 0.25) is 0 Å². The Balaban J connectivity index is 3.03. The van der Waals surface area contributed by atoms with E-state index >= 15 is 0 Å². The SMILES string of the molecule is O=[N+]([O-])c1cc(Br)cc(CCS)c1. The maximum absolute atomic E-state index is 10.5. The van der Waals surface area contributed by atoms with E-state index in [0.717, 1.165) is 16.5 Å². The summed E-state index contributed by atoms with van der Waals surface area (Å²) in [5.74, 6) is 0.688. The topological polar surface area (TPSA) is 43.1 Å². The molecule has 3 nitrogen and oxygen atoms in total. The number of aryl methyl sites for hydroxylation is 1. The number of hydrogen-bond donors (Lipinski definition) is 1. The number of halogens is 1. The van der Waals surface area contributed by atoms with Crippen LogP contribution in [0, 0.1) is 10.1 Å². The number of nitro groups is 1. The van der Waals surface area contributed by atoms with Crippen LogP contribution in [-0.4, -0.2) is 10.7 Å². The molecular weight excluding hydrogens is 254 g/mol. The maximum Gasteiger partial charge on any atom is 0.270 e. The molecule has 0 fully saturated rings. The van der Waals surface area contributed by atoms with Crippen molar-refractivity contribution in [3.63, 3.8) is 0 Å². The Kier molecular flexibility index (Phi) is 3.74. The van der Waals surface area contributed by atoms with Gasteiger partial charge in [0.15, 0.2) is 0 Å². The van der Waals surface area contributed by atoms with Crippen LogP contribution in [0.5, 0.6) is 0 Å². The Bertz CT molecular complexity index is 330. The van der Waals surface area contributed by atoms with Crippen molar-refractivity contribution in [1.29, 1.82) is 0 Å². The molecule has 5 heteroatoms. The third-order valence-electron chi connectivity index (χ3n) is 1.55. The minimum Gasteiger partial charge on any atom is -0.258 e. The van der Waals surface area contributed by atoms with Gasteiger partial charge in [0.25, 0.3) is 5.69 Å². The van der Waals surface area contributed by atoms with Crippen LogP contribution >= 0.6 is 28.6 Å². The van der Waals surface area contributed by atoms with Crippen molar-refractivity contribution in [2.45, 2.75) is 6.42 Å². The Hall–Kier alpha value is -0.550. The summed E-state index contributed by atoms with van der Waals surface area (Å²) in [6.45, 7) is 0. The molecule has 0 saturated carbocycles. The molecule has 0 aliphatic carbocycles. The van der Waals surface area contributed by atoms with Crippen molar-refractivity contribution in [2.24, 2.45) is 0 Å². The number of non-ortho nitro benzene ring substituents is 1. The summed E-state index contributed by atoms with van der Waals surface area (Å²) in [5, 5.41) is 10.5. The number of nitrogens with zero attached hydrogens (tertiary/aromatic N) is 1. The van der Waals surface area contributed by atoms with Crippen LogP contribution in [0.15, 0.2) is 22.7 Å². The molecule has 0 atom stereocenters. The van der Waals surface area contributed by atoms with Crippen LogP contribution < -0.4 is 0 Å². The number of nitro benzene ring substituents is 1. The fourth-order valence-electron chi connectivity index (χ4n) is 1.01. The molecule has 0 aromatic heterocycles. The molecule has 0 aliphatic heterocycles. The Labute approximate surface area is 89.8 Å². The minimum absolute atomic E-state index is 0.117. The highest BCUT2D eigenvalue weighted by atomic mass is 79.9. The summed E-state index contributed by atoms with van der Waals surface area (Å²) in [5.41, 5.74) is 1.04. The summed E-state index contributed by atoms with van der Waals surface area (Å²) in [6, 6.07) is 4.92. The molecule has 0 spiro atoms. The molecule has 1 aromatic rings. The molecule has 0 unspecified atom stereocenters. The molecular formula is C8H8BrNO2S. The van der Waals surface area contributed by atoms with Crippen molar-refractivity contribution < 1.29 is 4.92 Å². The van der Waals surface area contributed by atoms with Crippen molar-refractivity contribution in [3.8, 4) is 0 Å². The van der Waals surface area contributed by atoms with Crippen molar-refractivity contribution in [3.05, 3.63) is 38.3 Å². The second-order valence-electron chi connectivity index (χ2n) is 2.55. The molecule has 0 aliphatic rings. The molecule has 1 rings (SSSR count). The maximum atomic E-state index is 10.5. The molecule has 0 bridgehead atoms. The zero-order chi connectivity index (χ0) is 9.84. The molecule has 1 aromatic carbocycles. The number of rotatable bonds is 3. The van der Waals surface area contributed by atoms with Crippen LogP contribution in [0.25, 0.3) is 0 Å². The lowest BCUT2D eigenvalue weighted by Gasteiger charge is -1.99. The van der Waals surface area contributed by atoms with Gasteiger partial charge in [-0.15, -0.1) is 0 Å². The molecule has 0 amide bonds. The average Bonchev–Trinajstić information content (AvgIpc) is 2.03. The Morgan fingerprint density at radius 1 is 1.46 bits per heavy atom. The Morgan fingerprint density at radius 2 is 2.15 bits per heavy atom. The lowest BCUT2D eigenvalue weighted by Crippen LogP contribution is -1.92. The minimum atomic E-state index is -0.396. The van der Waals surface area contributed by atoms with E-state index in [1.807, 2.05) is 6.07 Å². The second-order valence-corrected chi connectivity index (χ2v) is 3.91. The van der Waals surface area contributed by atoms with E-state index in [9.17, 15) is 10.1 Å². The Morgan fingerprint density at radius 3 is 2.69 bits per heavy atom. The van der Waals surface area contributed by atoms with Crippen LogP contribution in [-0.2, 0) is 6.42 Å². The fourth-order valence-corrected chi connectivity index (χ4v) is 1.80. The highest BCUT2D eigenvalue weighted by molar-refractivity contribution is 9.10. The third-order valence-corrected chi connectivity index (χ3v) is 2.24. The predicted octanol–water partition coefficient (Wildman–Crippen LogP) is 2.83. The summed E-state index contributed by atoms with van der Waals surface area (Å²) < 4.78 is 0.735. The van der Waals surface area contributed by atoms with E-state index in [0.29, 0.717) is 5.75 Å². The van der Waals surface area contributed by atoms with E-state index in [-0.39, 0.29) is 5.69 Å². The van der Waals surface area contributed by atoms with Gasteiger partial charge >= 0.3 is 0 Å². The molecule has 0 radical (unpaired) electrons. The second kappa shape index (κ2) is 4.62. The first-order valence-corrected chi connectivity index (χ1v) is 5.11. The average molecular weight is 262 g/mol. The van der Waals surface area contributed by atoms with Gasteiger partial charge in [-0.1, -0.05) is 15.9 Å². The van der Waals surface area contributed by atoms with Gasteiger partial charge in [-0.25, -0.2) is 0 Å². The highest BCUT2D eigenvalue weighted by Crippen LogP contribution is 2.21. The zero-order valence-corrected chi connectivity index (χ0v) is 9.22. The van der Waals surface area contributed by atoms with Gasteiger partial charge in [0.05, 0.1) is 4.92 Å². The number of hydrogen-bond acceptors (Lipinski definition) is 3. The van der Waals surface area contributed by atoms with E-state index < -0.39 is 4.92 Å². The van der Waals surface area contributed by atoms with Gasteiger partial charge in [0.1, 0.15) is 0 Å². The first-order chi connectivity index (χ1) is 6.13. The largest absolute Gasteiger partial charge is 0.270 e. The highest BCUT2D eigenvalue weighted by Gasteiger charge is 2.07. The first kappa shape index (κ1) is 10.5. The third kappa shape index (κ3) is 3.00. The van der Waals surface area contributed by atoms with E-state index in [2.05, 4.69) is 28.6 Å². The van der Waals surface area contributed by atoms with E-state index in [4.69, 9.17) is 0 Å². The predicted molar refractivity (Wildman–Crippen MR) is 58.4 cm³/mol. The summed E-state index contributed by atoms with van der Waals surface area (Å²) in [4.78, 5) is 10.1. The van der Waals surface area contributed by atoms with Crippen molar-refractivity contribution >= 4 is 34.2 Å². The van der Waals surface area contributed by atoms with Gasteiger partial charge in [0.2, 0.25) is 0 Å². The van der Waals surface area contributed by atoms with Gasteiger partial charge in [-0.3, -0.25) is 10.1 Å². The van der Waals surface area contributed by atoms with Crippen molar-refractivity contribution in [1.82, 2.24) is 0 Å². The van der Waals surface area contributed by atoms with Gasteiger partial charge in [0, 0.05) is 16.6 Å². The van der Waals surface area contributed by atoms with Crippen LogP contribution in [0.3, 0.4) is 0 Å². The van der Waals surface area contributed by atoms with Crippen LogP contribution in [0.1, 0.15) is 5.56 Å².